The molecule has 0 aromatic heterocycles. The summed E-state index contributed by atoms with van der Waals surface area (Å²) in [5.41, 5.74) is 0. The van der Waals surface area contributed by atoms with Gasteiger partial charge in [-0.1, -0.05) is 0 Å². The summed E-state index contributed by atoms with van der Waals surface area (Å²) in [5.74, 6) is 0. The summed E-state index contributed by atoms with van der Waals surface area (Å²) in [4.78, 5) is 0. The van der Waals surface area contributed by atoms with Crippen LogP contribution in [-0.4, -0.2) is 76.0 Å². The number of hydrogen-bond acceptors (Lipinski definition) is 0. The molecule has 0 aliphatic heterocycles. The molecule has 0 atom stereocenters. The van der Waals surface area contributed by atoms with Crippen molar-refractivity contribution in [3.8, 4) is 0 Å². The zero-order chi connectivity index (χ0) is 0. The van der Waals surface area contributed by atoms with Crippen molar-refractivity contribution in [2.24, 2.45) is 0 Å². The second-order valence-electron chi connectivity index (χ2n) is 0. The molecular formula is H8AuBiCuInSn. The Bertz CT molecular complexity index is 11.6. The second kappa shape index (κ2) is 24.9. The van der Waals surface area contributed by atoms with E-state index in [1.807, 2.05) is 0 Å². The van der Waals surface area contributed by atoms with Gasteiger partial charge in [0.2, 0.25) is 0 Å². The fourth-order valence-electron chi connectivity index (χ4n) is 0. The predicted octanol–water partition coefficient (Wildman–Crippen LogP) is -3.29. The van der Waals surface area contributed by atoms with E-state index in [0.717, 1.165) is 0 Å². The van der Waals surface area contributed by atoms with Crippen molar-refractivity contribution >= 4 is 76.0 Å². The average Bonchev–Trinajstić information content (AvgIpc) is 0. The molecule has 0 aliphatic carbocycles. The van der Waals surface area contributed by atoms with Gasteiger partial charge in [-0.05, 0) is 0 Å². The summed E-state index contributed by atoms with van der Waals surface area (Å²) >= 11 is 0. The maximum absolute atomic E-state index is 0. The Labute approximate surface area is 113 Å². The van der Waals surface area contributed by atoms with Crippen LogP contribution in [0.4, 0.5) is 0 Å². The van der Waals surface area contributed by atoms with Gasteiger partial charge in [0.25, 0.3) is 0 Å². The Hall–Kier alpha value is 3.81. The van der Waals surface area contributed by atoms with Crippen molar-refractivity contribution in [2.45, 2.75) is 0 Å². The first-order chi connectivity index (χ1) is 0. The fraction of sp³-hybridized carbons (Fsp3) is 0. The van der Waals surface area contributed by atoms with Gasteiger partial charge < -0.3 is 0 Å². The topological polar surface area (TPSA) is 0 Å². The van der Waals surface area contributed by atoms with Crippen LogP contribution in [0.1, 0.15) is 0 Å². The van der Waals surface area contributed by atoms with Crippen LogP contribution in [0.5, 0.6) is 0 Å². The van der Waals surface area contributed by atoms with Gasteiger partial charge in [0.05, 0.1) is 0 Å². The zero-order valence-corrected chi connectivity index (χ0v) is 14.7. The van der Waals surface area contributed by atoms with Gasteiger partial charge >= 0.3 is 76.0 Å². The molecule has 5 heavy (non-hydrogen) atoms. The van der Waals surface area contributed by atoms with Crippen LogP contribution in [0.2, 0.25) is 0 Å². The van der Waals surface area contributed by atoms with E-state index in [-0.39, 0.29) is 115 Å². The molecule has 0 nitrogen and oxygen atoms in total. The van der Waals surface area contributed by atoms with E-state index >= 15 is 0 Å². The molecule has 0 amide bonds. The van der Waals surface area contributed by atoms with E-state index in [9.17, 15) is 0 Å². The van der Waals surface area contributed by atoms with E-state index in [2.05, 4.69) is 0 Å². The van der Waals surface area contributed by atoms with E-state index in [4.69, 9.17) is 0 Å². The SMILES string of the molecule is [Au].[BiH3].[Cu].[InH3].[SnH2]. The van der Waals surface area contributed by atoms with Gasteiger partial charge in [-0.3, -0.25) is 0 Å². The molecule has 0 fully saturated rings. The first kappa shape index (κ1) is 37.0. The second-order valence-corrected chi connectivity index (χ2v) is 0. The molecule has 0 bridgehead atoms. The van der Waals surface area contributed by atoms with E-state index in [0.29, 0.717) is 0 Å². The molecule has 0 aromatic rings. The Morgan fingerprint density at radius 1 is 1.00 bits per heavy atom. The molecule has 0 heterocycles. The van der Waals surface area contributed by atoms with Crippen LogP contribution in [0.15, 0.2) is 0 Å². The summed E-state index contributed by atoms with van der Waals surface area (Å²) in [6.45, 7) is 0. The minimum absolute atomic E-state index is 0. The molecule has 0 N–H and O–H groups in total. The molecule has 0 saturated carbocycles. The van der Waals surface area contributed by atoms with E-state index in [1.54, 1.807) is 0 Å². The summed E-state index contributed by atoms with van der Waals surface area (Å²) in [6.07, 6.45) is 0. The summed E-state index contributed by atoms with van der Waals surface area (Å²) in [5, 5.41) is 0. The van der Waals surface area contributed by atoms with Gasteiger partial charge in [0.1, 0.15) is 0 Å². The Morgan fingerprint density at radius 2 is 1.00 bits per heavy atom. The molecular weight excluding hydrogens is 703 g/mol. The van der Waals surface area contributed by atoms with Crippen molar-refractivity contribution < 1.29 is 39.4 Å². The molecule has 0 rings (SSSR count). The molecule has 0 saturated heterocycles. The van der Waals surface area contributed by atoms with Crippen molar-refractivity contribution in [2.75, 3.05) is 0 Å². The molecule has 5 heteroatoms. The molecule has 0 aliphatic rings. The Morgan fingerprint density at radius 3 is 1.00 bits per heavy atom. The van der Waals surface area contributed by atoms with Gasteiger partial charge in [0.15, 0.2) is 0 Å². The minimum atomic E-state index is 0. The van der Waals surface area contributed by atoms with E-state index in [1.165, 1.54) is 0 Å². The molecule has 0 spiro atoms. The third-order valence-electron chi connectivity index (χ3n) is 0. The van der Waals surface area contributed by atoms with Gasteiger partial charge in [-0.2, -0.15) is 0 Å². The quantitative estimate of drug-likeness (QED) is 0.232. The van der Waals surface area contributed by atoms with Crippen molar-refractivity contribution in [1.82, 2.24) is 0 Å². The standard InChI is InChI=1S/Au.Bi.Cu.In.Sn.8H. The first-order valence-electron chi connectivity index (χ1n) is 0. The summed E-state index contributed by atoms with van der Waals surface area (Å²) in [6, 6.07) is 0. The fourth-order valence-corrected chi connectivity index (χ4v) is 0. The predicted molar refractivity (Wildman–Crippen MR) is 28.4 cm³/mol. The number of rotatable bonds is 0. The van der Waals surface area contributed by atoms with E-state index < -0.39 is 0 Å². The van der Waals surface area contributed by atoms with Crippen molar-refractivity contribution in [3.63, 3.8) is 0 Å². The third kappa shape index (κ3) is 18.2. The van der Waals surface area contributed by atoms with Crippen LogP contribution < -0.4 is 0 Å². The van der Waals surface area contributed by atoms with Crippen LogP contribution in [0.3, 0.4) is 0 Å². The summed E-state index contributed by atoms with van der Waals surface area (Å²) < 4.78 is 0. The van der Waals surface area contributed by atoms with Crippen molar-refractivity contribution in [3.05, 3.63) is 0 Å². The zero-order valence-electron chi connectivity index (χ0n) is 2.02. The van der Waals surface area contributed by atoms with Crippen LogP contribution in [-0.2, 0) is 39.4 Å². The first-order valence-corrected chi connectivity index (χ1v) is 0. The van der Waals surface area contributed by atoms with Gasteiger partial charge in [-0.15, -0.1) is 0 Å². The van der Waals surface area contributed by atoms with Crippen LogP contribution in [0.25, 0.3) is 0 Å². The molecule has 4 radical (unpaired) electrons. The van der Waals surface area contributed by atoms with Gasteiger partial charge in [-0.25, -0.2) is 0 Å². The normalized spacial score (nSPS) is 0. The van der Waals surface area contributed by atoms with Gasteiger partial charge in [0, 0.05) is 39.4 Å². The molecule has 0 aromatic carbocycles. The molecule has 42 valence electrons. The number of hydrogen-bond donors (Lipinski definition) is 0. The Balaban J connectivity index is 0. The molecule has 0 unspecified atom stereocenters. The van der Waals surface area contributed by atoms with Crippen LogP contribution >= 0.6 is 0 Å². The average molecular weight is 711 g/mol. The Kier molecular flexibility index (Phi) is 185. The monoisotopic (exact) mass is 712 g/mol. The third-order valence-corrected chi connectivity index (χ3v) is 0. The van der Waals surface area contributed by atoms with Crippen molar-refractivity contribution in [1.29, 1.82) is 0 Å². The summed E-state index contributed by atoms with van der Waals surface area (Å²) in [7, 11) is 0. The van der Waals surface area contributed by atoms with Crippen LogP contribution in [0, 0.1) is 0 Å². The maximum atomic E-state index is 0.